The van der Waals surface area contributed by atoms with Gasteiger partial charge in [0.15, 0.2) is 0 Å². The Labute approximate surface area is 147 Å². The molecule has 0 bridgehead atoms. The van der Waals surface area contributed by atoms with Gasteiger partial charge in [0.2, 0.25) is 0 Å². The summed E-state index contributed by atoms with van der Waals surface area (Å²) in [6.45, 7) is 2.17. The molecule has 0 saturated carbocycles. The van der Waals surface area contributed by atoms with Gasteiger partial charge >= 0.3 is 6.61 Å². The molecule has 1 aromatic carbocycles. The molecule has 6 heteroatoms. The highest BCUT2D eigenvalue weighted by Crippen LogP contribution is 2.24. The molecule has 1 aliphatic rings. The molecule has 1 saturated heterocycles. The number of halogens is 2. The fourth-order valence-corrected chi connectivity index (χ4v) is 3.53. The van der Waals surface area contributed by atoms with E-state index >= 15 is 0 Å². The summed E-state index contributed by atoms with van der Waals surface area (Å²) in [5.41, 5.74) is 1.13. The van der Waals surface area contributed by atoms with Crippen LogP contribution in [0.1, 0.15) is 37.1 Å². The number of aromatic nitrogens is 2. The molecule has 4 nitrogen and oxygen atoms in total. The van der Waals surface area contributed by atoms with Gasteiger partial charge in [-0.1, -0.05) is 18.6 Å². The maximum Gasteiger partial charge on any atom is 0.387 e. The van der Waals surface area contributed by atoms with Gasteiger partial charge in [0, 0.05) is 31.5 Å². The normalized spacial score (nSPS) is 18.6. The lowest BCUT2D eigenvalue weighted by Crippen LogP contribution is -2.39. The van der Waals surface area contributed by atoms with Crippen LogP contribution in [0.3, 0.4) is 0 Å². The standard InChI is InChI=1S/C19H25F2N3O/c1-15-22-10-13-23(15)12-9-17-4-2-3-11-24(17)14-16-5-7-18(8-6-16)25-19(20)21/h5-8,10,13,17,19H,2-4,9,11-12,14H2,1H3/t17-/m0/s1. The van der Waals surface area contributed by atoms with Crippen LogP contribution in [0, 0.1) is 6.92 Å². The smallest absolute Gasteiger partial charge is 0.387 e. The van der Waals surface area contributed by atoms with E-state index in [-0.39, 0.29) is 5.75 Å². The van der Waals surface area contributed by atoms with E-state index in [4.69, 9.17) is 0 Å². The van der Waals surface area contributed by atoms with E-state index < -0.39 is 6.61 Å². The third-order valence-corrected chi connectivity index (χ3v) is 4.91. The highest BCUT2D eigenvalue weighted by atomic mass is 19.3. The molecular weight excluding hydrogens is 324 g/mol. The van der Waals surface area contributed by atoms with Crippen LogP contribution < -0.4 is 4.74 Å². The Morgan fingerprint density at radius 2 is 2.04 bits per heavy atom. The van der Waals surface area contributed by atoms with Crippen LogP contribution >= 0.6 is 0 Å². The molecule has 2 aromatic rings. The largest absolute Gasteiger partial charge is 0.435 e. The van der Waals surface area contributed by atoms with E-state index in [9.17, 15) is 8.78 Å². The summed E-state index contributed by atoms with van der Waals surface area (Å²) >= 11 is 0. The predicted molar refractivity (Wildman–Crippen MR) is 92.7 cm³/mol. The lowest BCUT2D eigenvalue weighted by atomic mass is 9.98. The van der Waals surface area contributed by atoms with Gasteiger partial charge in [-0.05, 0) is 50.4 Å². The van der Waals surface area contributed by atoms with E-state index in [2.05, 4.69) is 19.2 Å². The van der Waals surface area contributed by atoms with Crippen LogP contribution in [0.15, 0.2) is 36.7 Å². The molecule has 0 unspecified atom stereocenters. The van der Waals surface area contributed by atoms with Crippen LogP contribution in [0.4, 0.5) is 8.78 Å². The van der Waals surface area contributed by atoms with Crippen molar-refractivity contribution in [3.63, 3.8) is 0 Å². The topological polar surface area (TPSA) is 30.3 Å². The van der Waals surface area contributed by atoms with Crippen molar-refractivity contribution in [2.75, 3.05) is 6.54 Å². The van der Waals surface area contributed by atoms with Gasteiger partial charge in [-0.3, -0.25) is 4.90 Å². The van der Waals surface area contributed by atoms with E-state index in [0.717, 1.165) is 37.4 Å². The number of alkyl halides is 2. The maximum atomic E-state index is 12.2. The first-order valence-electron chi connectivity index (χ1n) is 8.87. The average Bonchev–Trinajstić information content (AvgIpc) is 3.00. The summed E-state index contributed by atoms with van der Waals surface area (Å²) in [6, 6.07) is 7.55. The van der Waals surface area contributed by atoms with Crippen LogP contribution in [0.25, 0.3) is 0 Å². The molecule has 1 atom stereocenters. The van der Waals surface area contributed by atoms with Gasteiger partial charge in [-0.2, -0.15) is 8.78 Å². The van der Waals surface area contributed by atoms with Crippen molar-refractivity contribution in [2.24, 2.45) is 0 Å². The Bertz CT molecular complexity index is 657. The van der Waals surface area contributed by atoms with Crippen molar-refractivity contribution < 1.29 is 13.5 Å². The van der Waals surface area contributed by atoms with Gasteiger partial charge in [-0.15, -0.1) is 0 Å². The molecule has 0 aliphatic carbocycles. The first kappa shape index (κ1) is 17.9. The SMILES string of the molecule is Cc1nccn1CC[C@@H]1CCCCN1Cc1ccc(OC(F)F)cc1. The lowest BCUT2D eigenvalue weighted by molar-refractivity contribution is -0.0498. The number of nitrogens with zero attached hydrogens (tertiary/aromatic N) is 3. The summed E-state index contributed by atoms with van der Waals surface area (Å²) in [7, 11) is 0. The number of imidazole rings is 1. The molecule has 1 fully saturated rings. The lowest BCUT2D eigenvalue weighted by Gasteiger charge is -2.36. The maximum absolute atomic E-state index is 12.2. The van der Waals surface area contributed by atoms with Crippen molar-refractivity contribution in [3.05, 3.63) is 48.0 Å². The number of hydrogen-bond acceptors (Lipinski definition) is 3. The number of benzene rings is 1. The van der Waals surface area contributed by atoms with Crippen molar-refractivity contribution in [1.29, 1.82) is 0 Å². The molecule has 0 radical (unpaired) electrons. The number of hydrogen-bond donors (Lipinski definition) is 0. The number of ether oxygens (including phenoxy) is 1. The minimum atomic E-state index is -2.77. The summed E-state index contributed by atoms with van der Waals surface area (Å²) in [6.07, 6.45) is 8.67. The first-order valence-corrected chi connectivity index (χ1v) is 8.87. The molecule has 1 aliphatic heterocycles. The Morgan fingerprint density at radius 3 is 2.72 bits per heavy atom. The third-order valence-electron chi connectivity index (χ3n) is 4.91. The number of rotatable bonds is 7. The third kappa shape index (κ3) is 5.01. The molecule has 0 amide bonds. The van der Waals surface area contributed by atoms with Gasteiger partial charge in [-0.25, -0.2) is 4.98 Å². The monoisotopic (exact) mass is 349 g/mol. The number of aryl methyl sites for hydroxylation is 2. The van der Waals surface area contributed by atoms with E-state index in [1.165, 1.54) is 19.3 Å². The minimum absolute atomic E-state index is 0.213. The molecular formula is C19H25F2N3O. The van der Waals surface area contributed by atoms with Gasteiger partial charge in [0.25, 0.3) is 0 Å². The zero-order valence-corrected chi connectivity index (χ0v) is 14.6. The quantitative estimate of drug-likeness (QED) is 0.749. The highest BCUT2D eigenvalue weighted by molar-refractivity contribution is 5.27. The average molecular weight is 349 g/mol. The van der Waals surface area contributed by atoms with Crippen LogP contribution in [-0.4, -0.2) is 33.6 Å². The van der Waals surface area contributed by atoms with E-state index in [0.29, 0.717) is 6.04 Å². The van der Waals surface area contributed by atoms with Crippen molar-refractivity contribution in [2.45, 2.75) is 58.3 Å². The highest BCUT2D eigenvalue weighted by Gasteiger charge is 2.22. The second-order valence-electron chi connectivity index (χ2n) is 6.60. The fraction of sp³-hybridized carbons (Fsp3) is 0.526. The number of piperidine rings is 1. The van der Waals surface area contributed by atoms with Gasteiger partial charge in [0.05, 0.1) is 0 Å². The van der Waals surface area contributed by atoms with Crippen molar-refractivity contribution in [3.8, 4) is 5.75 Å². The second kappa shape index (κ2) is 8.43. The summed E-state index contributed by atoms with van der Waals surface area (Å²) in [5.74, 6) is 1.27. The zero-order chi connectivity index (χ0) is 17.6. The zero-order valence-electron chi connectivity index (χ0n) is 14.6. The molecule has 0 N–H and O–H groups in total. The predicted octanol–water partition coefficient (Wildman–Crippen LogP) is 4.24. The Morgan fingerprint density at radius 1 is 1.24 bits per heavy atom. The van der Waals surface area contributed by atoms with Gasteiger partial charge < -0.3 is 9.30 Å². The van der Waals surface area contributed by atoms with E-state index in [1.54, 1.807) is 12.1 Å². The Hall–Kier alpha value is -1.95. The second-order valence-corrected chi connectivity index (χ2v) is 6.60. The van der Waals surface area contributed by atoms with Crippen LogP contribution in [0.2, 0.25) is 0 Å². The molecule has 2 heterocycles. The molecule has 136 valence electrons. The first-order chi connectivity index (χ1) is 12.1. The van der Waals surface area contributed by atoms with Crippen molar-refractivity contribution >= 4 is 0 Å². The van der Waals surface area contributed by atoms with Crippen LogP contribution in [0.5, 0.6) is 5.75 Å². The minimum Gasteiger partial charge on any atom is -0.435 e. The molecule has 25 heavy (non-hydrogen) atoms. The number of likely N-dealkylation sites (tertiary alicyclic amines) is 1. The molecule has 0 spiro atoms. The summed E-state index contributed by atoms with van der Waals surface area (Å²) < 4.78 is 31.1. The van der Waals surface area contributed by atoms with E-state index in [1.807, 2.05) is 31.5 Å². The van der Waals surface area contributed by atoms with Crippen molar-refractivity contribution in [1.82, 2.24) is 14.5 Å². The fourth-order valence-electron chi connectivity index (χ4n) is 3.53. The summed E-state index contributed by atoms with van der Waals surface area (Å²) in [4.78, 5) is 6.79. The Kier molecular flexibility index (Phi) is 6.02. The summed E-state index contributed by atoms with van der Waals surface area (Å²) in [5, 5.41) is 0. The van der Waals surface area contributed by atoms with Crippen LogP contribution in [-0.2, 0) is 13.1 Å². The molecule has 1 aromatic heterocycles. The Balaban J connectivity index is 1.58. The molecule has 3 rings (SSSR count). The van der Waals surface area contributed by atoms with Gasteiger partial charge in [0.1, 0.15) is 11.6 Å².